The normalized spacial score (nSPS) is 11.6. The molecule has 0 heterocycles. The molecule has 0 aliphatic carbocycles. The van der Waals surface area contributed by atoms with Crippen LogP contribution < -0.4 is 22.3 Å². The summed E-state index contributed by atoms with van der Waals surface area (Å²) >= 11 is 12.1. The van der Waals surface area contributed by atoms with Gasteiger partial charge in [-0.15, -0.1) is 0 Å². The molecule has 0 fully saturated rings. The van der Waals surface area contributed by atoms with Gasteiger partial charge in [0.25, 0.3) is 0 Å². The zero-order valence-corrected chi connectivity index (χ0v) is 22.9. The first-order valence-electron chi connectivity index (χ1n) is 11.1. The fourth-order valence-corrected chi connectivity index (χ4v) is 9.59. The maximum absolute atomic E-state index is 9.80. The van der Waals surface area contributed by atoms with Crippen LogP contribution in [0.2, 0.25) is 10.0 Å². The van der Waals surface area contributed by atoms with Gasteiger partial charge in [0.15, 0.2) is 5.75 Å². The lowest BCUT2D eigenvalue weighted by Gasteiger charge is -2.29. The van der Waals surface area contributed by atoms with Crippen molar-refractivity contribution in [2.75, 3.05) is 18.5 Å². The second-order valence-electron chi connectivity index (χ2n) is 7.95. The van der Waals surface area contributed by atoms with E-state index in [-0.39, 0.29) is 32.8 Å². The zero-order valence-electron chi connectivity index (χ0n) is 18.9. The van der Waals surface area contributed by atoms with Crippen LogP contribution in [0.25, 0.3) is 0 Å². The van der Waals surface area contributed by atoms with Gasteiger partial charge in [-0.2, -0.15) is 0 Å². The molecule has 1 N–H and O–H groups in total. The Morgan fingerprint density at radius 3 is 1.84 bits per heavy atom. The third-order valence-corrected chi connectivity index (χ3v) is 11.1. The van der Waals surface area contributed by atoms with Crippen molar-refractivity contribution in [3.8, 4) is 5.75 Å². The molecule has 0 bridgehead atoms. The summed E-state index contributed by atoms with van der Waals surface area (Å²) in [6, 6.07) is 12.1. The van der Waals surface area contributed by atoms with Crippen molar-refractivity contribution in [2.24, 2.45) is 4.99 Å². The van der Waals surface area contributed by atoms with Gasteiger partial charge in [-0.3, -0.25) is 4.99 Å². The summed E-state index contributed by atoms with van der Waals surface area (Å²) < 4.78 is 0. The average molecular weight is 547 g/mol. The molecule has 0 saturated carbocycles. The monoisotopic (exact) mass is 545 g/mol. The summed E-state index contributed by atoms with van der Waals surface area (Å²) in [6.45, 7) is 6.87. The van der Waals surface area contributed by atoms with Crippen LogP contribution >= 0.6 is 30.5 Å². The van der Waals surface area contributed by atoms with Gasteiger partial charge < -0.3 is 22.1 Å². The predicted molar refractivity (Wildman–Crippen MR) is 138 cm³/mol. The molecule has 6 heteroatoms. The Balaban J connectivity index is 0.00000480. The fourth-order valence-electron chi connectivity index (χ4n) is 3.88. The van der Waals surface area contributed by atoms with E-state index in [0.717, 1.165) is 0 Å². The molecule has 31 heavy (non-hydrogen) atoms. The van der Waals surface area contributed by atoms with Gasteiger partial charge in [0.1, 0.15) is 5.30 Å². The molecule has 2 aromatic rings. The second kappa shape index (κ2) is 14.5. The van der Waals surface area contributed by atoms with Crippen molar-refractivity contribution >= 4 is 47.7 Å². The Kier molecular flexibility index (Phi) is 13.3. The second-order valence-corrected chi connectivity index (χ2v) is 12.9. The molecule has 0 spiro atoms. The number of nitrogens with zero attached hydrogens (tertiary/aromatic N) is 1. The first-order valence-corrected chi connectivity index (χ1v) is 14.2. The molecule has 2 rings (SSSR count). The van der Waals surface area contributed by atoms with E-state index in [4.69, 9.17) is 23.2 Å². The number of phenols is 1. The molecule has 0 aliphatic heterocycles. The fraction of sp³-hybridized carbons (Fsp3) is 0.480. The molecule has 0 aliphatic rings. The molecule has 0 saturated heterocycles. The molecular formula is C25H35BrCl2NOP. The summed E-state index contributed by atoms with van der Waals surface area (Å²) in [6.07, 6.45) is 13.5. The molecule has 2 aromatic carbocycles. The number of halogens is 3. The van der Waals surface area contributed by atoms with Crippen molar-refractivity contribution < 1.29 is 22.1 Å². The van der Waals surface area contributed by atoms with Gasteiger partial charge in [0, 0.05) is 19.0 Å². The summed E-state index contributed by atoms with van der Waals surface area (Å²) in [5.41, 5.74) is 1.85. The minimum atomic E-state index is -1.27. The summed E-state index contributed by atoms with van der Waals surface area (Å²) in [7, 11) is -1.27. The predicted octanol–water partition coefficient (Wildman–Crippen LogP) is 5.50. The lowest BCUT2D eigenvalue weighted by atomic mass is 10.2. The molecule has 0 atom stereocenters. The zero-order chi connectivity index (χ0) is 22.0. The van der Waals surface area contributed by atoms with E-state index in [9.17, 15) is 5.11 Å². The van der Waals surface area contributed by atoms with E-state index in [1.165, 1.54) is 67.9 Å². The molecule has 0 aromatic heterocycles. The minimum absolute atomic E-state index is 0. The Bertz CT molecular complexity index is 799. The lowest BCUT2D eigenvalue weighted by molar-refractivity contribution is -0.00000713. The minimum Gasteiger partial charge on any atom is -1.00 e. The highest BCUT2D eigenvalue weighted by atomic mass is 79.9. The van der Waals surface area contributed by atoms with Crippen molar-refractivity contribution in [3.05, 3.63) is 52.0 Å². The highest BCUT2D eigenvalue weighted by Crippen LogP contribution is 2.60. The number of aromatic hydroxyl groups is 1. The van der Waals surface area contributed by atoms with Crippen LogP contribution in [0.3, 0.4) is 0 Å². The standard InChI is InChI=1S/C25H34Cl2NOP.BrH/c1-4-7-14-30(15-8-5-2,16-9-6-3)24-13-11-10-12-20(24)19-28-21-17-22(26)25(29)23(27)18-21;/h10-13,17-19H,4-9,14-16H2,1-3H3;1H. The highest BCUT2D eigenvalue weighted by Gasteiger charge is 2.39. The average Bonchev–Trinajstić information content (AvgIpc) is 2.76. The Labute approximate surface area is 209 Å². The van der Waals surface area contributed by atoms with Crippen LogP contribution in [0, 0.1) is 0 Å². The molecule has 0 radical (unpaired) electrons. The van der Waals surface area contributed by atoms with Crippen LogP contribution in [-0.4, -0.2) is 29.8 Å². The maximum atomic E-state index is 9.80. The number of rotatable bonds is 12. The van der Waals surface area contributed by atoms with Gasteiger partial charge in [0.2, 0.25) is 0 Å². The van der Waals surface area contributed by atoms with Gasteiger partial charge in [-0.1, -0.05) is 75.4 Å². The molecule has 172 valence electrons. The Hall–Kier alpha value is -0.600. The van der Waals surface area contributed by atoms with E-state index in [1.54, 1.807) is 12.1 Å². The molecular weight excluding hydrogens is 512 g/mol. The van der Waals surface area contributed by atoms with E-state index in [2.05, 4.69) is 50.0 Å². The van der Waals surface area contributed by atoms with Crippen LogP contribution in [0.15, 0.2) is 41.4 Å². The molecule has 0 unspecified atom stereocenters. The van der Waals surface area contributed by atoms with Crippen molar-refractivity contribution in [2.45, 2.75) is 59.3 Å². The Morgan fingerprint density at radius 2 is 1.35 bits per heavy atom. The van der Waals surface area contributed by atoms with Gasteiger partial charge in [-0.05, 0) is 43.5 Å². The summed E-state index contributed by atoms with van der Waals surface area (Å²) in [5.74, 6) is -0.0960. The topological polar surface area (TPSA) is 32.6 Å². The SMILES string of the molecule is CCCC[P+](CCCC)(CCCC)c1ccccc1C=Nc1cc(Cl)c(O)c(Cl)c1.[Br-]. The molecule has 0 amide bonds. The Morgan fingerprint density at radius 1 is 0.871 bits per heavy atom. The van der Waals surface area contributed by atoms with Gasteiger partial charge in [0.05, 0.1) is 34.2 Å². The quantitative estimate of drug-likeness (QED) is 0.277. The van der Waals surface area contributed by atoms with Gasteiger partial charge >= 0.3 is 0 Å². The van der Waals surface area contributed by atoms with Crippen LogP contribution in [0.4, 0.5) is 5.69 Å². The lowest BCUT2D eigenvalue weighted by Crippen LogP contribution is -3.00. The van der Waals surface area contributed by atoms with E-state index >= 15 is 0 Å². The van der Waals surface area contributed by atoms with Crippen molar-refractivity contribution in [1.82, 2.24) is 0 Å². The smallest absolute Gasteiger partial charge is 0.152 e. The summed E-state index contributed by atoms with van der Waals surface area (Å²) in [4.78, 5) is 4.67. The van der Waals surface area contributed by atoms with Crippen molar-refractivity contribution in [1.29, 1.82) is 0 Å². The number of unbranched alkanes of at least 4 members (excludes halogenated alkanes) is 3. The highest BCUT2D eigenvalue weighted by molar-refractivity contribution is 7.83. The number of hydrogen-bond donors (Lipinski definition) is 1. The van der Waals surface area contributed by atoms with Crippen LogP contribution in [0.1, 0.15) is 64.9 Å². The number of aliphatic imine (C=N–C) groups is 1. The summed E-state index contributed by atoms with van der Waals surface area (Å²) in [5, 5.41) is 11.8. The van der Waals surface area contributed by atoms with Crippen LogP contribution in [-0.2, 0) is 0 Å². The maximum Gasteiger partial charge on any atom is 0.152 e. The number of phenolic OH excluding ortho intramolecular Hbond substituents is 1. The van der Waals surface area contributed by atoms with Crippen LogP contribution in [0.5, 0.6) is 5.75 Å². The van der Waals surface area contributed by atoms with Crippen molar-refractivity contribution in [3.63, 3.8) is 0 Å². The third-order valence-electron chi connectivity index (χ3n) is 5.62. The number of hydrogen-bond acceptors (Lipinski definition) is 2. The third kappa shape index (κ3) is 8.04. The first kappa shape index (κ1) is 28.4. The van der Waals surface area contributed by atoms with Gasteiger partial charge in [-0.25, -0.2) is 0 Å². The first-order chi connectivity index (χ1) is 14.5. The molecule has 2 nitrogen and oxygen atoms in total. The van der Waals surface area contributed by atoms with E-state index in [1.807, 2.05) is 6.21 Å². The van der Waals surface area contributed by atoms with E-state index in [0.29, 0.717) is 5.69 Å². The van der Waals surface area contributed by atoms with E-state index < -0.39 is 7.26 Å². The number of benzene rings is 2. The largest absolute Gasteiger partial charge is 1.00 e.